The van der Waals surface area contributed by atoms with Gasteiger partial charge in [0.2, 0.25) is 0 Å². The molecule has 0 bridgehead atoms. The first-order valence-corrected chi connectivity index (χ1v) is 5.17. The lowest BCUT2D eigenvalue weighted by molar-refractivity contribution is 0.577. The fourth-order valence-electron chi connectivity index (χ4n) is 2.16. The van der Waals surface area contributed by atoms with E-state index in [2.05, 4.69) is 24.3 Å². The van der Waals surface area contributed by atoms with Gasteiger partial charge in [-0.3, -0.25) is 0 Å². The molecule has 0 aromatic carbocycles. The molecule has 2 aliphatic rings. The van der Waals surface area contributed by atoms with Gasteiger partial charge in [0.05, 0.1) is 0 Å². The van der Waals surface area contributed by atoms with Crippen LogP contribution in [0.3, 0.4) is 0 Å². The van der Waals surface area contributed by atoms with Gasteiger partial charge in [0.1, 0.15) is 0 Å². The van der Waals surface area contributed by atoms with Gasteiger partial charge in [-0.05, 0) is 25.7 Å². The first-order chi connectivity index (χ1) is 6.38. The summed E-state index contributed by atoms with van der Waals surface area (Å²) >= 11 is 0. The van der Waals surface area contributed by atoms with Crippen LogP contribution in [0.1, 0.15) is 25.7 Å². The molecule has 2 unspecified atom stereocenters. The third kappa shape index (κ3) is 1.92. The van der Waals surface area contributed by atoms with Crippen molar-refractivity contribution in [1.82, 2.24) is 0 Å². The molecular formula is C12H17N. The van der Waals surface area contributed by atoms with Crippen molar-refractivity contribution in [3.63, 3.8) is 0 Å². The highest BCUT2D eigenvalue weighted by atomic mass is 14.6. The maximum absolute atomic E-state index is 6.03. The summed E-state index contributed by atoms with van der Waals surface area (Å²) in [6, 6.07) is 0.203. The second kappa shape index (κ2) is 3.93. The molecule has 2 atom stereocenters. The van der Waals surface area contributed by atoms with Gasteiger partial charge >= 0.3 is 0 Å². The van der Waals surface area contributed by atoms with Gasteiger partial charge < -0.3 is 5.73 Å². The predicted octanol–water partition coefficient (Wildman–Crippen LogP) is 2.56. The maximum atomic E-state index is 6.03. The quantitative estimate of drug-likeness (QED) is 0.609. The Hall–Kier alpha value is -0.820. The average molecular weight is 175 g/mol. The molecule has 0 heterocycles. The summed E-state index contributed by atoms with van der Waals surface area (Å²) in [5.41, 5.74) is 7.59. The molecule has 1 nitrogen and oxygen atoms in total. The summed E-state index contributed by atoms with van der Waals surface area (Å²) in [5, 5.41) is 0. The highest BCUT2D eigenvalue weighted by Gasteiger charge is 2.19. The maximum Gasteiger partial charge on any atom is 0.0328 e. The molecule has 0 saturated carbocycles. The summed E-state index contributed by atoms with van der Waals surface area (Å²) in [5.74, 6) is 0.477. The van der Waals surface area contributed by atoms with Crippen LogP contribution < -0.4 is 5.73 Å². The average Bonchev–Trinajstić information content (AvgIpc) is 2.20. The van der Waals surface area contributed by atoms with Crippen LogP contribution in [0.5, 0.6) is 0 Å². The van der Waals surface area contributed by atoms with E-state index in [1.54, 1.807) is 5.57 Å². The molecule has 70 valence electrons. The van der Waals surface area contributed by atoms with Crippen molar-refractivity contribution in [2.45, 2.75) is 31.7 Å². The Morgan fingerprint density at radius 2 is 2.00 bits per heavy atom. The standard InChI is InChI=1S/C12H17N/c13-12-9-5-4-8-11(12)10-6-2-1-3-7-10/h4-6,8-9,11-12H,1-3,7,13H2. The van der Waals surface area contributed by atoms with Crippen molar-refractivity contribution in [2.24, 2.45) is 11.7 Å². The van der Waals surface area contributed by atoms with E-state index >= 15 is 0 Å². The fraction of sp³-hybridized carbons (Fsp3) is 0.500. The first-order valence-electron chi connectivity index (χ1n) is 5.17. The van der Waals surface area contributed by atoms with E-state index in [9.17, 15) is 0 Å². The first kappa shape index (κ1) is 8.76. The molecule has 0 saturated heterocycles. The van der Waals surface area contributed by atoms with Gasteiger partial charge in [-0.1, -0.05) is 36.0 Å². The molecule has 0 radical (unpaired) electrons. The van der Waals surface area contributed by atoms with Crippen LogP contribution in [0.2, 0.25) is 0 Å². The Morgan fingerprint density at radius 3 is 2.69 bits per heavy atom. The number of nitrogens with two attached hydrogens (primary N) is 1. The van der Waals surface area contributed by atoms with Crippen LogP contribution in [0.25, 0.3) is 0 Å². The van der Waals surface area contributed by atoms with E-state index in [-0.39, 0.29) is 6.04 Å². The summed E-state index contributed by atoms with van der Waals surface area (Å²) in [6.45, 7) is 0. The lowest BCUT2D eigenvalue weighted by Gasteiger charge is -2.25. The molecule has 2 rings (SSSR count). The second-order valence-corrected chi connectivity index (χ2v) is 3.90. The number of hydrogen-bond acceptors (Lipinski definition) is 1. The Morgan fingerprint density at radius 1 is 1.15 bits per heavy atom. The SMILES string of the molecule is NC1C=CC=CC1C1=CCCCC1. The lowest BCUT2D eigenvalue weighted by Crippen LogP contribution is -2.29. The van der Waals surface area contributed by atoms with E-state index in [4.69, 9.17) is 5.73 Å². The van der Waals surface area contributed by atoms with Gasteiger partial charge in [0.15, 0.2) is 0 Å². The van der Waals surface area contributed by atoms with Crippen molar-refractivity contribution in [3.05, 3.63) is 36.0 Å². The predicted molar refractivity (Wildman–Crippen MR) is 56.3 cm³/mol. The minimum atomic E-state index is 0.203. The zero-order valence-electron chi connectivity index (χ0n) is 7.95. The Labute approximate surface area is 80.0 Å². The zero-order valence-corrected chi connectivity index (χ0v) is 7.95. The second-order valence-electron chi connectivity index (χ2n) is 3.90. The van der Waals surface area contributed by atoms with E-state index in [1.165, 1.54) is 25.7 Å². The monoisotopic (exact) mass is 175 g/mol. The van der Waals surface area contributed by atoms with Crippen molar-refractivity contribution >= 4 is 0 Å². The van der Waals surface area contributed by atoms with E-state index in [1.807, 2.05) is 6.08 Å². The molecule has 0 aromatic rings. The zero-order chi connectivity index (χ0) is 9.10. The van der Waals surface area contributed by atoms with Gasteiger partial charge in [0, 0.05) is 12.0 Å². The highest BCUT2D eigenvalue weighted by Crippen LogP contribution is 2.28. The number of rotatable bonds is 1. The van der Waals surface area contributed by atoms with Gasteiger partial charge in [-0.2, -0.15) is 0 Å². The molecule has 13 heavy (non-hydrogen) atoms. The van der Waals surface area contributed by atoms with Crippen molar-refractivity contribution in [1.29, 1.82) is 0 Å². The van der Waals surface area contributed by atoms with Crippen LogP contribution in [0.4, 0.5) is 0 Å². The molecule has 2 aliphatic carbocycles. The minimum absolute atomic E-state index is 0.203. The Kier molecular flexibility index (Phi) is 2.65. The fourth-order valence-corrected chi connectivity index (χ4v) is 2.16. The van der Waals surface area contributed by atoms with Crippen LogP contribution in [-0.2, 0) is 0 Å². The summed E-state index contributed by atoms with van der Waals surface area (Å²) in [6.07, 6.45) is 16.1. The van der Waals surface area contributed by atoms with Gasteiger partial charge in [-0.15, -0.1) is 0 Å². The van der Waals surface area contributed by atoms with E-state index in [0.717, 1.165) is 0 Å². The van der Waals surface area contributed by atoms with Gasteiger partial charge in [-0.25, -0.2) is 0 Å². The lowest BCUT2D eigenvalue weighted by atomic mass is 9.83. The molecular weight excluding hydrogens is 158 g/mol. The molecule has 0 aliphatic heterocycles. The highest BCUT2D eigenvalue weighted by molar-refractivity contribution is 5.27. The molecule has 1 heteroatoms. The molecule has 0 spiro atoms. The van der Waals surface area contributed by atoms with Crippen molar-refractivity contribution < 1.29 is 0 Å². The molecule has 0 fully saturated rings. The number of allylic oxidation sites excluding steroid dienone is 3. The summed E-state index contributed by atoms with van der Waals surface area (Å²) in [4.78, 5) is 0. The third-order valence-electron chi connectivity index (χ3n) is 2.93. The molecule has 0 aromatic heterocycles. The van der Waals surface area contributed by atoms with Crippen LogP contribution in [0.15, 0.2) is 36.0 Å². The number of hydrogen-bond donors (Lipinski definition) is 1. The smallest absolute Gasteiger partial charge is 0.0328 e. The minimum Gasteiger partial charge on any atom is -0.324 e. The van der Waals surface area contributed by atoms with Crippen molar-refractivity contribution in [2.75, 3.05) is 0 Å². The van der Waals surface area contributed by atoms with Crippen molar-refractivity contribution in [3.8, 4) is 0 Å². The molecule has 2 N–H and O–H groups in total. The summed E-state index contributed by atoms with van der Waals surface area (Å²) < 4.78 is 0. The van der Waals surface area contributed by atoms with Crippen LogP contribution >= 0.6 is 0 Å². The van der Waals surface area contributed by atoms with E-state index in [0.29, 0.717) is 5.92 Å². The van der Waals surface area contributed by atoms with E-state index < -0.39 is 0 Å². The third-order valence-corrected chi connectivity index (χ3v) is 2.93. The topological polar surface area (TPSA) is 26.0 Å². The normalized spacial score (nSPS) is 33.2. The Bertz CT molecular complexity index is 260. The van der Waals surface area contributed by atoms with Gasteiger partial charge in [0.25, 0.3) is 0 Å². The summed E-state index contributed by atoms with van der Waals surface area (Å²) in [7, 11) is 0. The largest absolute Gasteiger partial charge is 0.324 e. The molecule has 0 amide bonds. The Balaban J connectivity index is 2.11. The van der Waals surface area contributed by atoms with Crippen LogP contribution in [0, 0.1) is 5.92 Å². The van der Waals surface area contributed by atoms with Crippen LogP contribution in [-0.4, -0.2) is 6.04 Å².